The molecule has 1 atom stereocenters. The Morgan fingerprint density at radius 3 is 1.44 bits per heavy atom. The molecule has 0 aromatic rings. The molecule has 0 radical (unpaired) electrons. The number of likely N-dealkylation sites (N-methyl/N-ethyl adjacent to an activating group) is 2. The molecule has 0 saturated carbocycles. The van der Waals surface area contributed by atoms with E-state index in [0.29, 0.717) is 22.1 Å². The third kappa shape index (κ3) is 24.8. The van der Waals surface area contributed by atoms with Gasteiger partial charge in [0, 0.05) is 0 Å². The first kappa shape index (κ1) is 28.0. The van der Waals surface area contributed by atoms with Crippen molar-refractivity contribution in [3.63, 3.8) is 0 Å². The van der Waals surface area contributed by atoms with Gasteiger partial charge in [-0.25, -0.2) is 4.79 Å². The normalized spacial score (nSPS) is 14.0. The highest BCUT2D eigenvalue weighted by Gasteiger charge is 2.23. The largest absolute Gasteiger partial charge is 0.460 e. The van der Waals surface area contributed by atoms with E-state index in [1.807, 2.05) is 83.8 Å². The standard InChI is InChI=1S/C11H24NO3.C9H20NO2/c1-11(2,3)15-10(14)7-9(13)8-12(4,5)6;1-9(2,3)12-8(11)7-10(4,5)6/h9,13H,7-8H2,1-6H3;7H2,1-6H3/q2*+1. The van der Waals surface area contributed by atoms with Crippen LogP contribution in [0, 0.1) is 0 Å². The summed E-state index contributed by atoms with van der Waals surface area (Å²) >= 11 is 0. The molecule has 0 aliphatic carbocycles. The first-order chi connectivity index (χ1) is 11.6. The van der Waals surface area contributed by atoms with Gasteiger partial charge in [-0.2, -0.15) is 0 Å². The molecule has 0 rings (SSSR count). The monoisotopic (exact) mass is 392 g/mol. The minimum atomic E-state index is -0.639. The van der Waals surface area contributed by atoms with E-state index in [4.69, 9.17) is 9.47 Å². The number of carbonyl (C=O) groups excluding carboxylic acids is 2. The second kappa shape index (κ2) is 10.4. The van der Waals surface area contributed by atoms with Crippen molar-refractivity contribution in [2.24, 2.45) is 0 Å². The summed E-state index contributed by atoms with van der Waals surface area (Å²) in [6, 6.07) is 0. The van der Waals surface area contributed by atoms with Gasteiger partial charge in [-0.3, -0.25) is 4.79 Å². The first-order valence-corrected chi connectivity index (χ1v) is 9.32. The summed E-state index contributed by atoms with van der Waals surface area (Å²) in [7, 11) is 11.8. The van der Waals surface area contributed by atoms with Crippen molar-refractivity contribution < 1.29 is 33.1 Å². The van der Waals surface area contributed by atoms with Crippen LogP contribution in [0.3, 0.4) is 0 Å². The van der Waals surface area contributed by atoms with E-state index in [-0.39, 0.29) is 24.0 Å². The molecule has 0 aliphatic heterocycles. The van der Waals surface area contributed by atoms with Crippen LogP contribution < -0.4 is 0 Å². The van der Waals surface area contributed by atoms with Gasteiger partial charge in [0.15, 0.2) is 6.54 Å². The molecule has 1 unspecified atom stereocenters. The van der Waals surface area contributed by atoms with E-state index in [2.05, 4.69) is 0 Å². The van der Waals surface area contributed by atoms with Crippen molar-refractivity contribution in [2.75, 3.05) is 55.4 Å². The van der Waals surface area contributed by atoms with Gasteiger partial charge in [0.05, 0.1) is 48.7 Å². The molecule has 0 fully saturated rings. The lowest BCUT2D eigenvalue weighted by Crippen LogP contribution is -2.42. The second-order valence-corrected chi connectivity index (χ2v) is 11.0. The van der Waals surface area contributed by atoms with Crippen molar-refractivity contribution in [2.45, 2.75) is 65.3 Å². The number of rotatable bonds is 6. The van der Waals surface area contributed by atoms with Gasteiger partial charge in [0.25, 0.3) is 0 Å². The van der Waals surface area contributed by atoms with Crippen LogP contribution in [-0.2, 0) is 19.1 Å². The maximum Gasteiger partial charge on any atom is 0.362 e. The molecular weight excluding hydrogens is 348 g/mol. The molecule has 1 N–H and O–H groups in total. The number of hydrogen-bond donors (Lipinski definition) is 1. The fraction of sp³-hybridized carbons (Fsp3) is 0.900. The van der Waals surface area contributed by atoms with Crippen LogP contribution in [0.15, 0.2) is 0 Å². The Bertz CT molecular complexity index is 445. The Morgan fingerprint density at radius 2 is 1.15 bits per heavy atom. The highest BCUT2D eigenvalue weighted by Crippen LogP contribution is 2.10. The van der Waals surface area contributed by atoms with Gasteiger partial charge in [-0.1, -0.05) is 0 Å². The predicted octanol–water partition coefficient (Wildman–Crippen LogP) is 1.82. The lowest BCUT2D eigenvalue weighted by atomic mass is 10.2. The fourth-order valence-electron chi connectivity index (χ4n) is 2.03. The highest BCUT2D eigenvalue weighted by atomic mass is 16.6. The van der Waals surface area contributed by atoms with Crippen molar-refractivity contribution >= 4 is 11.9 Å². The highest BCUT2D eigenvalue weighted by molar-refractivity contribution is 5.71. The average molecular weight is 393 g/mol. The molecule has 0 saturated heterocycles. The number of aliphatic hydroxyl groups is 1. The number of carbonyl (C=O) groups is 2. The summed E-state index contributed by atoms with van der Waals surface area (Å²) in [6.07, 6.45) is -0.577. The molecule has 0 aromatic heterocycles. The smallest absolute Gasteiger partial charge is 0.362 e. The van der Waals surface area contributed by atoms with Gasteiger partial charge >= 0.3 is 11.9 Å². The van der Waals surface area contributed by atoms with Gasteiger partial charge in [0.1, 0.15) is 23.9 Å². The van der Waals surface area contributed by atoms with Crippen molar-refractivity contribution in [3.05, 3.63) is 0 Å². The van der Waals surface area contributed by atoms with Crippen LogP contribution in [0.1, 0.15) is 48.0 Å². The molecule has 0 amide bonds. The van der Waals surface area contributed by atoms with Crippen LogP contribution in [0.5, 0.6) is 0 Å². The summed E-state index contributed by atoms with van der Waals surface area (Å²) in [5, 5.41) is 9.64. The third-order valence-electron chi connectivity index (χ3n) is 2.60. The summed E-state index contributed by atoms with van der Waals surface area (Å²) in [5.41, 5.74) is -0.848. The number of quaternary nitrogens is 2. The Balaban J connectivity index is 0. The summed E-state index contributed by atoms with van der Waals surface area (Å²) in [4.78, 5) is 22.6. The molecule has 0 bridgehead atoms. The van der Waals surface area contributed by atoms with Crippen molar-refractivity contribution in [3.8, 4) is 0 Å². The zero-order valence-corrected chi connectivity index (χ0v) is 19.7. The van der Waals surface area contributed by atoms with E-state index < -0.39 is 11.7 Å². The Labute approximate surface area is 166 Å². The van der Waals surface area contributed by atoms with Crippen LogP contribution in [0.25, 0.3) is 0 Å². The molecule has 0 heterocycles. The number of aliphatic hydroxyl groups excluding tert-OH is 1. The zero-order valence-electron chi connectivity index (χ0n) is 19.7. The Morgan fingerprint density at radius 1 is 0.778 bits per heavy atom. The molecule has 0 aliphatic rings. The van der Waals surface area contributed by atoms with E-state index in [0.717, 1.165) is 0 Å². The number of esters is 2. The molecule has 162 valence electrons. The van der Waals surface area contributed by atoms with Gasteiger partial charge < -0.3 is 23.5 Å². The SMILES string of the molecule is CC(C)(C)OC(=O)CC(O)C[N+](C)(C)C.CC(C)(C)OC(=O)C[N+](C)(C)C. The van der Waals surface area contributed by atoms with Gasteiger partial charge in [0.2, 0.25) is 0 Å². The summed E-state index contributed by atoms with van der Waals surface area (Å²) < 4.78 is 11.5. The van der Waals surface area contributed by atoms with Crippen molar-refractivity contribution in [1.29, 1.82) is 0 Å². The zero-order chi connectivity index (χ0) is 22.3. The third-order valence-corrected chi connectivity index (χ3v) is 2.60. The molecular formula is C20H44N2O5+2. The minimum Gasteiger partial charge on any atom is -0.460 e. The molecule has 7 heteroatoms. The number of nitrogens with zero attached hydrogens (tertiary/aromatic N) is 2. The summed E-state index contributed by atoms with van der Waals surface area (Å²) in [5.74, 6) is -0.488. The van der Waals surface area contributed by atoms with E-state index >= 15 is 0 Å². The van der Waals surface area contributed by atoms with Crippen LogP contribution in [-0.4, -0.2) is 98.7 Å². The molecule has 0 spiro atoms. The number of ether oxygens (including phenoxy) is 2. The van der Waals surface area contributed by atoms with Crippen LogP contribution >= 0.6 is 0 Å². The van der Waals surface area contributed by atoms with E-state index in [9.17, 15) is 14.7 Å². The van der Waals surface area contributed by atoms with Crippen LogP contribution in [0.2, 0.25) is 0 Å². The first-order valence-electron chi connectivity index (χ1n) is 9.32. The fourth-order valence-corrected chi connectivity index (χ4v) is 2.03. The number of hydrogen-bond acceptors (Lipinski definition) is 5. The molecule has 7 nitrogen and oxygen atoms in total. The summed E-state index contributed by atoms with van der Waals surface area (Å²) in [6.45, 7) is 12.0. The maximum absolute atomic E-state index is 11.4. The van der Waals surface area contributed by atoms with E-state index in [1.54, 1.807) is 0 Å². The predicted molar refractivity (Wildman–Crippen MR) is 108 cm³/mol. The van der Waals surface area contributed by atoms with Gasteiger partial charge in [-0.05, 0) is 41.5 Å². The maximum atomic E-state index is 11.4. The van der Waals surface area contributed by atoms with Crippen molar-refractivity contribution in [1.82, 2.24) is 0 Å². The minimum absolute atomic E-state index is 0.0623. The van der Waals surface area contributed by atoms with Crippen LogP contribution in [0.4, 0.5) is 0 Å². The average Bonchev–Trinajstić information content (AvgIpc) is 2.16. The van der Waals surface area contributed by atoms with E-state index in [1.165, 1.54) is 0 Å². The molecule has 27 heavy (non-hydrogen) atoms. The van der Waals surface area contributed by atoms with Gasteiger partial charge in [-0.15, -0.1) is 0 Å². The molecule has 0 aromatic carbocycles. The Kier molecular flexibility index (Phi) is 10.8. The lowest BCUT2D eigenvalue weighted by molar-refractivity contribution is -0.873. The lowest BCUT2D eigenvalue weighted by Gasteiger charge is -2.27. The topological polar surface area (TPSA) is 72.8 Å². The Hall–Kier alpha value is -1.18. The quantitative estimate of drug-likeness (QED) is 0.551. The second-order valence-electron chi connectivity index (χ2n) is 11.0.